The van der Waals surface area contributed by atoms with Gasteiger partial charge in [0, 0.05) is 20.2 Å². The number of methoxy groups -OCH3 is 1. The van der Waals surface area contributed by atoms with Crippen LogP contribution in [0.2, 0.25) is 0 Å². The highest BCUT2D eigenvalue weighted by atomic mass is 16.5. The van der Waals surface area contributed by atoms with E-state index in [1.54, 1.807) is 21.0 Å². The Morgan fingerprint density at radius 2 is 1.56 bits per heavy atom. The molecule has 0 aliphatic rings. The zero-order chi connectivity index (χ0) is 12.3. The molecule has 16 heavy (non-hydrogen) atoms. The summed E-state index contributed by atoms with van der Waals surface area (Å²) in [6.45, 7) is 7.88. The van der Waals surface area contributed by atoms with E-state index in [-0.39, 0.29) is 0 Å². The molecule has 0 radical (unpaired) electrons. The van der Waals surface area contributed by atoms with Gasteiger partial charge in [-0.2, -0.15) is 0 Å². The van der Waals surface area contributed by atoms with E-state index >= 15 is 0 Å². The maximum atomic E-state index is 9.41. The van der Waals surface area contributed by atoms with Crippen molar-refractivity contribution in [3.05, 3.63) is 0 Å². The lowest BCUT2D eigenvalue weighted by molar-refractivity contribution is 0.0239. The van der Waals surface area contributed by atoms with Gasteiger partial charge in [0.25, 0.3) is 0 Å². The molecule has 0 heterocycles. The second-order valence-corrected chi connectivity index (χ2v) is 4.21. The quantitative estimate of drug-likeness (QED) is 0.495. The molecule has 0 atom stereocenters. The number of hydrogen-bond donors (Lipinski definition) is 2. The first kappa shape index (κ1) is 15.8. The van der Waals surface area contributed by atoms with Crippen LogP contribution in [0.15, 0.2) is 0 Å². The third-order valence-corrected chi connectivity index (χ3v) is 1.78. The first-order chi connectivity index (χ1) is 7.56. The number of aliphatic hydroxyl groups is 1. The van der Waals surface area contributed by atoms with Gasteiger partial charge in [0.2, 0.25) is 0 Å². The van der Waals surface area contributed by atoms with Crippen molar-refractivity contribution in [3.63, 3.8) is 0 Å². The van der Waals surface area contributed by atoms with Crippen LogP contribution >= 0.6 is 0 Å². The van der Waals surface area contributed by atoms with E-state index in [2.05, 4.69) is 5.32 Å². The first-order valence-corrected chi connectivity index (χ1v) is 5.64. The zero-order valence-electron chi connectivity index (χ0n) is 10.6. The molecule has 0 fully saturated rings. The van der Waals surface area contributed by atoms with Crippen molar-refractivity contribution in [1.82, 2.24) is 5.32 Å². The summed E-state index contributed by atoms with van der Waals surface area (Å²) < 4.78 is 15.4. The highest BCUT2D eigenvalue weighted by molar-refractivity contribution is 4.67. The Balaban J connectivity index is 2.99. The van der Waals surface area contributed by atoms with Crippen LogP contribution < -0.4 is 5.32 Å². The van der Waals surface area contributed by atoms with Crippen LogP contribution in [0.1, 0.15) is 13.8 Å². The Morgan fingerprint density at radius 3 is 2.12 bits per heavy atom. The van der Waals surface area contributed by atoms with Crippen LogP contribution in [0.4, 0.5) is 0 Å². The maximum Gasteiger partial charge on any atom is 0.0715 e. The Bertz CT molecular complexity index is 147. The summed E-state index contributed by atoms with van der Waals surface area (Å²) >= 11 is 0. The molecule has 5 nitrogen and oxygen atoms in total. The van der Waals surface area contributed by atoms with Crippen molar-refractivity contribution in [2.24, 2.45) is 0 Å². The number of rotatable bonds is 11. The van der Waals surface area contributed by atoms with Crippen molar-refractivity contribution in [3.8, 4) is 0 Å². The van der Waals surface area contributed by atoms with Crippen LogP contribution in [0.3, 0.4) is 0 Å². The Hall–Kier alpha value is -0.200. The largest absolute Gasteiger partial charge is 0.389 e. The van der Waals surface area contributed by atoms with Gasteiger partial charge in [0.15, 0.2) is 0 Å². The molecule has 98 valence electrons. The monoisotopic (exact) mass is 235 g/mol. The fourth-order valence-electron chi connectivity index (χ4n) is 1.00. The first-order valence-electron chi connectivity index (χ1n) is 5.64. The highest BCUT2D eigenvalue weighted by Crippen LogP contribution is 1.96. The number of ether oxygens (including phenoxy) is 3. The second kappa shape index (κ2) is 9.99. The van der Waals surface area contributed by atoms with Gasteiger partial charge in [-0.3, -0.25) is 0 Å². The molecule has 0 saturated heterocycles. The molecule has 0 rings (SSSR count). The molecule has 0 saturated carbocycles. The molecule has 0 unspecified atom stereocenters. The van der Waals surface area contributed by atoms with Gasteiger partial charge in [-0.05, 0) is 13.8 Å². The van der Waals surface area contributed by atoms with Gasteiger partial charge in [0.05, 0.1) is 38.6 Å². The normalized spacial score (nSPS) is 12.0. The summed E-state index contributed by atoms with van der Waals surface area (Å²) in [7, 11) is 1.65. The summed E-state index contributed by atoms with van der Waals surface area (Å²) in [6, 6.07) is 0. The van der Waals surface area contributed by atoms with E-state index in [1.165, 1.54) is 0 Å². The van der Waals surface area contributed by atoms with Crippen molar-refractivity contribution in [2.75, 3.05) is 53.2 Å². The minimum absolute atomic E-state index is 0.570. The molecular weight excluding hydrogens is 210 g/mol. The third-order valence-electron chi connectivity index (χ3n) is 1.78. The summed E-state index contributed by atoms with van der Waals surface area (Å²) in [6.07, 6.45) is 0. The van der Waals surface area contributed by atoms with Gasteiger partial charge >= 0.3 is 0 Å². The van der Waals surface area contributed by atoms with E-state index in [0.29, 0.717) is 39.6 Å². The molecular formula is C11H25NO4. The maximum absolute atomic E-state index is 9.41. The molecule has 0 spiro atoms. The zero-order valence-corrected chi connectivity index (χ0v) is 10.6. The Kier molecular flexibility index (Phi) is 9.86. The van der Waals surface area contributed by atoms with E-state index in [9.17, 15) is 5.11 Å². The van der Waals surface area contributed by atoms with E-state index in [1.807, 2.05) is 0 Å². The van der Waals surface area contributed by atoms with Gasteiger partial charge < -0.3 is 24.6 Å². The molecule has 0 aromatic rings. The number of nitrogens with one attached hydrogen (secondary N) is 1. The topological polar surface area (TPSA) is 60.0 Å². The van der Waals surface area contributed by atoms with Gasteiger partial charge in [0.1, 0.15) is 0 Å². The lowest BCUT2D eigenvalue weighted by Crippen LogP contribution is -2.36. The standard InChI is InChI=1S/C11H25NO4/c1-11(2,13)10-12-4-5-15-8-9-16-7-6-14-3/h12-13H,4-10H2,1-3H3. The van der Waals surface area contributed by atoms with Gasteiger partial charge in [-0.25, -0.2) is 0 Å². The van der Waals surface area contributed by atoms with Crippen LogP contribution in [0, 0.1) is 0 Å². The molecule has 0 aromatic heterocycles. The van der Waals surface area contributed by atoms with Crippen molar-refractivity contribution in [1.29, 1.82) is 0 Å². The molecule has 0 amide bonds. The van der Waals surface area contributed by atoms with E-state index in [4.69, 9.17) is 14.2 Å². The van der Waals surface area contributed by atoms with Crippen molar-refractivity contribution in [2.45, 2.75) is 19.4 Å². The van der Waals surface area contributed by atoms with E-state index in [0.717, 1.165) is 6.54 Å². The lowest BCUT2D eigenvalue weighted by atomic mass is 10.1. The summed E-state index contributed by atoms with van der Waals surface area (Å²) in [4.78, 5) is 0. The molecule has 2 N–H and O–H groups in total. The van der Waals surface area contributed by atoms with Gasteiger partial charge in [-0.15, -0.1) is 0 Å². The van der Waals surface area contributed by atoms with E-state index < -0.39 is 5.60 Å². The Morgan fingerprint density at radius 1 is 1.00 bits per heavy atom. The summed E-state index contributed by atoms with van der Waals surface area (Å²) in [5.74, 6) is 0. The fourth-order valence-corrected chi connectivity index (χ4v) is 1.00. The molecule has 0 aliphatic heterocycles. The third kappa shape index (κ3) is 13.8. The van der Waals surface area contributed by atoms with Crippen molar-refractivity contribution < 1.29 is 19.3 Å². The van der Waals surface area contributed by atoms with Crippen LogP contribution in [-0.2, 0) is 14.2 Å². The molecule has 0 aromatic carbocycles. The smallest absolute Gasteiger partial charge is 0.0715 e. The Labute approximate surface area is 98.1 Å². The van der Waals surface area contributed by atoms with Crippen LogP contribution in [0.5, 0.6) is 0 Å². The predicted molar refractivity (Wildman–Crippen MR) is 62.7 cm³/mol. The molecule has 0 bridgehead atoms. The SMILES string of the molecule is COCCOCCOCCNCC(C)(C)O. The molecule has 5 heteroatoms. The summed E-state index contributed by atoms with van der Waals surface area (Å²) in [5, 5.41) is 12.5. The minimum atomic E-state index is -0.663. The van der Waals surface area contributed by atoms with Crippen LogP contribution in [-0.4, -0.2) is 63.9 Å². The average molecular weight is 235 g/mol. The lowest BCUT2D eigenvalue weighted by Gasteiger charge is -2.17. The minimum Gasteiger partial charge on any atom is -0.389 e. The van der Waals surface area contributed by atoms with Crippen LogP contribution in [0.25, 0.3) is 0 Å². The predicted octanol–water partition coefficient (Wildman–Crippen LogP) is 0.0265. The molecule has 0 aliphatic carbocycles. The number of hydrogen-bond acceptors (Lipinski definition) is 5. The average Bonchev–Trinajstić information content (AvgIpc) is 2.19. The second-order valence-electron chi connectivity index (χ2n) is 4.21. The summed E-state index contributed by atoms with van der Waals surface area (Å²) in [5.41, 5.74) is -0.663. The van der Waals surface area contributed by atoms with Gasteiger partial charge in [-0.1, -0.05) is 0 Å². The fraction of sp³-hybridized carbons (Fsp3) is 1.00. The van der Waals surface area contributed by atoms with Crippen molar-refractivity contribution >= 4 is 0 Å². The highest BCUT2D eigenvalue weighted by Gasteiger charge is 2.10.